The van der Waals surface area contributed by atoms with Gasteiger partial charge in [-0.15, -0.1) is 11.6 Å². The zero-order valence-corrected chi connectivity index (χ0v) is 11.4. The molecule has 0 amide bonds. The highest BCUT2D eigenvalue weighted by molar-refractivity contribution is 6.32. The molecule has 0 unspecified atom stereocenters. The topological polar surface area (TPSA) is 9.23 Å². The highest BCUT2D eigenvalue weighted by Gasteiger charge is 2.09. The first-order valence-electron chi connectivity index (χ1n) is 5.08. The maximum atomic E-state index is 13.6. The molecular weight excluding hydrogens is 297 g/mol. The van der Waals surface area contributed by atoms with Gasteiger partial charge in [-0.05, 0) is 29.8 Å². The van der Waals surface area contributed by atoms with E-state index in [0.717, 1.165) is 5.56 Å². The molecular formula is C13H8Cl3FO. The van der Waals surface area contributed by atoms with Crippen LogP contribution in [0.15, 0.2) is 36.4 Å². The quantitative estimate of drug-likeness (QED) is 0.664. The summed E-state index contributed by atoms with van der Waals surface area (Å²) in [6.45, 7) is 0. The lowest BCUT2D eigenvalue weighted by atomic mass is 10.2. The summed E-state index contributed by atoms with van der Waals surface area (Å²) < 4.78 is 19.0. The molecule has 0 saturated carbocycles. The molecule has 0 N–H and O–H groups in total. The van der Waals surface area contributed by atoms with E-state index in [0.29, 0.717) is 16.7 Å². The third-order valence-corrected chi connectivity index (χ3v) is 3.24. The van der Waals surface area contributed by atoms with Crippen molar-refractivity contribution in [2.24, 2.45) is 0 Å². The fraction of sp³-hybridized carbons (Fsp3) is 0.0769. The van der Waals surface area contributed by atoms with Crippen molar-refractivity contribution in [1.82, 2.24) is 0 Å². The number of hydrogen-bond acceptors (Lipinski definition) is 1. The molecule has 0 atom stereocenters. The molecule has 0 heterocycles. The second-order valence-electron chi connectivity index (χ2n) is 3.54. The molecule has 2 aromatic rings. The lowest BCUT2D eigenvalue weighted by molar-refractivity contribution is 0.442. The highest BCUT2D eigenvalue weighted by Crippen LogP contribution is 2.31. The van der Waals surface area contributed by atoms with Gasteiger partial charge in [-0.3, -0.25) is 0 Å². The van der Waals surface area contributed by atoms with Crippen LogP contribution in [0.5, 0.6) is 11.5 Å². The largest absolute Gasteiger partial charge is 0.454 e. The molecule has 0 bridgehead atoms. The van der Waals surface area contributed by atoms with Crippen LogP contribution in [0.4, 0.5) is 4.39 Å². The van der Waals surface area contributed by atoms with Crippen molar-refractivity contribution in [3.8, 4) is 11.5 Å². The van der Waals surface area contributed by atoms with Crippen molar-refractivity contribution in [1.29, 1.82) is 0 Å². The molecule has 0 saturated heterocycles. The Morgan fingerprint density at radius 3 is 2.50 bits per heavy atom. The van der Waals surface area contributed by atoms with Gasteiger partial charge in [-0.2, -0.15) is 0 Å². The van der Waals surface area contributed by atoms with Gasteiger partial charge in [0.1, 0.15) is 5.75 Å². The maximum Gasteiger partial charge on any atom is 0.184 e. The zero-order chi connectivity index (χ0) is 13.1. The molecule has 2 rings (SSSR count). The summed E-state index contributed by atoms with van der Waals surface area (Å²) in [6.07, 6.45) is 0. The first-order chi connectivity index (χ1) is 8.61. The molecule has 5 heteroatoms. The summed E-state index contributed by atoms with van der Waals surface area (Å²) >= 11 is 17.3. The number of ether oxygens (including phenoxy) is 1. The molecule has 0 spiro atoms. The Bertz CT molecular complexity index is 572. The van der Waals surface area contributed by atoms with Crippen molar-refractivity contribution in [2.45, 2.75) is 5.88 Å². The lowest BCUT2D eigenvalue weighted by Gasteiger charge is -2.09. The summed E-state index contributed by atoms with van der Waals surface area (Å²) in [6, 6.07) is 9.53. The number of halogens is 4. The van der Waals surface area contributed by atoms with Gasteiger partial charge >= 0.3 is 0 Å². The van der Waals surface area contributed by atoms with Gasteiger partial charge in [0.2, 0.25) is 0 Å². The van der Waals surface area contributed by atoms with Crippen molar-refractivity contribution < 1.29 is 9.13 Å². The van der Waals surface area contributed by atoms with Crippen LogP contribution in [-0.2, 0) is 5.88 Å². The molecule has 0 aliphatic heterocycles. The van der Waals surface area contributed by atoms with Gasteiger partial charge in [-0.1, -0.05) is 35.3 Å². The Morgan fingerprint density at radius 2 is 1.83 bits per heavy atom. The van der Waals surface area contributed by atoms with E-state index < -0.39 is 5.82 Å². The summed E-state index contributed by atoms with van der Waals surface area (Å²) in [4.78, 5) is 0. The SMILES string of the molecule is Fc1c(Cl)cccc1Oc1ccc(CCl)c(Cl)c1. The number of alkyl halides is 1. The molecule has 0 fully saturated rings. The van der Waals surface area contributed by atoms with Gasteiger partial charge < -0.3 is 4.74 Å². The zero-order valence-electron chi connectivity index (χ0n) is 9.09. The fourth-order valence-electron chi connectivity index (χ4n) is 1.39. The van der Waals surface area contributed by atoms with Gasteiger partial charge in [0, 0.05) is 10.9 Å². The van der Waals surface area contributed by atoms with Crippen LogP contribution in [0.2, 0.25) is 10.0 Å². The molecule has 0 radical (unpaired) electrons. The third kappa shape index (κ3) is 2.89. The van der Waals surface area contributed by atoms with Gasteiger partial charge in [0.25, 0.3) is 0 Å². The second-order valence-corrected chi connectivity index (χ2v) is 4.62. The van der Waals surface area contributed by atoms with Crippen LogP contribution >= 0.6 is 34.8 Å². The normalized spacial score (nSPS) is 10.4. The minimum atomic E-state index is -0.600. The monoisotopic (exact) mass is 304 g/mol. The standard InChI is InChI=1S/C13H8Cl3FO/c14-7-8-4-5-9(6-11(8)16)18-12-3-1-2-10(15)13(12)17/h1-6H,7H2. The van der Waals surface area contributed by atoms with Crippen LogP contribution < -0.4 is 4.74 Å². The molecule has 1 nitrogen and oxygen atoms in total. The Labute approximate surface area is 119 Å². The summed E-state index contributed by atoms with van der Waals surface area (Å²) in [5.41, 5.74) is 0.789. The third-order valence-electron chi connectivity index (χ3n) is 2.31. The number of hydrogen-bond donors (Lipinski definition) is 0. The summed E-state index contributed by atoms with van der Waals surface area (Å²) in [7, 11) is 0. The number of benzene rings is 2. The Hall–Kier alpha value is -0.960. The van der Waals surface area contributed by atoms with E-state index >= 15 is 0 Å². The predicted octanol–water partition coefficient (Wildman–Crippen LogP) is 5.66. The predicted molar refractivity (Wildman–Crippen MR) is 72.5 cm³/mol. The molecule has 0 aliphatic rings. The van der Waals surface area contributed by atoms with E-state index in [1.165, 1.54) is 12.1 Å². The van der Waals surface area contributed by atoms with Crippen LogP contribution in [0, 0.1) is 5.82 Å². The van der Waals surface area contributed by atoms with Gasteiger partial charge in [0.05, 0.1) is 5.02 Å². The minimum absolute atomic E-state index is 0.0102. The van der Waals surface area contributed by atoms with Crippen molar-refractivity contribution in [2.75, 3.05) is 0 Å². The second kappa shape index (κ2) is 5.79. The van der Waals surface area contributed by atoms with E-state index in [4.69, 9.17) is 39.5 Å². The van der Waals surface area contributed by atoms with Crippen molar-refractivity contribution >= 4 is 34.8 Å². The molecule has 94 valence electrons. The van der Waals surface area contributed by atoms with Crippen LogP contribution in [-0.4, -0.2) is 0 Å². The fourth-order valence-corrected chi connectivity index (χ4v) is 2.09. The first-order valence-corrected chi connectivity index (χ1v) is 6.37. The van der Waals surface area contributed by atoms with Crippen molar-refractivity contribution in [3.63, 3.8) is 0 Å². The van der Waals surface area contributed by atoms with Crippen LogP contribution in [0.25, 0.3) is 0 Å². The van der Waals surface area contributed by atoms with Crippen LogP contribution in [0.1, 0.15) is 5.56 Å². The van der Waals surface area contributed by atoms with Gasteiger partial charge in [-0.25, -0.2) is 4.39 Å². The average molecular weight is 306 g/mol. The minimum Gasteiger partial charge on any atom is -0.454 e. The highest BCUT2D eigenvalue weighted by atomic mass is 35.5. The summed E-state index contributed by atoms with van der Waals surface area (Å²) in [5.74, 6) is 0.189. The van der Waals surface area contributed by atoms with Crippen LogP contribution in [0.3, 0.4) is 0 Å². The van der Waals surface area contributed by atoms with E-state index in [-0.39, 0.29) is 10.8 Å². The Balaban J connectivity index is 2.29. The van der Waals surface area contributed by atoms with E-state index in [1.807, 2.05) is 0 Å². The first kappa shape index (κ1) is 13.5. The number of rotatable bonds is 3. The van der Waals surface area contributed by atoms with Gasteiger partial charge in [0.15, 0.2) is 11.6 Å². The molecule has 2 aromatic carbocycles. The molecule has 0 aromatic heterocycles. The van der Waals surface area contributed by atoms with Crippen molar-refractivity contribution in [3.05, 3.63) is 57.8 Å². The Morgan fingerprint density at radius 1 is 1.06 bits per heavy atom. The Kier molecular flexibility index (Phi) is 4.33. The average Bonchev–Trinajstić information content (AvgIpc) is 2.35. The lowest BCUT2D eigenvalue weighted by Crippen LogP contribution is -1.90. The molecule has 18 heavy (non-hydrogen) atoms. The maximum absolute atomic E-state index is 13.6. The van der Waals surface area contributed by atoms with E-state index in [2.05, 4.69) is 0 Å². The van der Waals surface area contributed by atoms with E-state index in [9.17, 15) is 4.39 Å². The van der Waals surface area contributed by atoms with E-state index in [1.54, 1.807) is 24.3 Å². The summed E-state index contributed by atoms with van der Waals surface area (Å²) in [5, 5.41) is 0.487. The molecule has 0 aliphatic carbocycles. The smallest absolute Gasteiger partial charge is 0.184 e.